The Bertz CT molecular complexity index is 346. The van der Waals surface area contributed by atoms with Crippen molar-refractivity contribution in [2.45, 2.75) is 59.1 Å². The fraction of sp³-hybridized carbons (Fsp3) is 0.600. The van der Waals surface area contributed by atoms with Crippen molar-refractivity contribution >= 4 is 5.69 Å². The summed E-state index contributed by atoms with van der Waals surface area (Å²) in [4.78, 5) is 0. The van der Waals surface area contributed by atoms with E-state index in [4.69, 9.17) is 4.74 Å². The largest absolute Gasteiger partial charge is 0.488 e. The van der Waals surface area contributed by atoms with Crippen LogP contribution in [0.25, 0.3) is 0 Å². The number of ether oxygens (including phenoxy) is 1. The van der Waals surface area contributed by atoms with Gasteiger partial charge in [-0.1, -0.05) is 6.92 Å². The standard InChI is InChI=1S/C15H25NO/c1-7-15(5,6)16-12-8-10-13(11-9-12)17-14(2,3)4/h8-11,16H,7H2,1-6H3. The van der Waals surface area contributed by atoms with Crippen LogP contribution in [-0.2, 0) is 0 Å². The molecule has 2 heteroatoms. The molecule has 0 unspecified atom stereocenters. The zero-order valence-corrected chi connectivity index (χ0v) is 11.9. The lowest BCUT2D eigenvalue weighted by Crippen LogP contribution is -2.29. The molecule has 0 atom stereocenters. The van der Waals surface area contributed by atoms with Crippen molar-refractivity contribution in [2.24, 2.45) is 0 Å². The third kappa shape index (κ3) is 5.12. The highest BCUT2D eigenvalue weighted by atomic mass is 16.5. The Hall–Kier alpha value is -1.18. The van der Waals surface area contributed by atoms with Crippen molar-refractivity contribution in [1.82, 2.24) is 0 Å². The molecule has 0 radical (unpaired) electrons. The monoisotopic (exact) mass is 235 g/mol. The maximum absolute atomic E-state index is 5.79. The van der Waals surface area contributed by atoms with E-state index < -0.39 is 0 Å². The van der Waals surface area contributed by atoms with E-state index >= 15 is 0 Å². The van der Waals surface area contributed by atoms with Gasteiger partial charge in [-0.05, 0) is 65.3 Å². The van der Waals surface area contributed by atoms with Crippen LogP contribution in [0.15, 0.2) is 24.3 Å². The third-order valence-corrected chi connectivity index (χ3v) is 2.64. The summed E-state index contributed by atoms with van der Waals surface area (Å²) in [6.07, 6.45) is 1.09. The van der Waals surface area contributed by atoms with Crippen LogP contribution in [0.2, 0.25) is 0 Å². The van der Waals surface area contributed by atoms with Gasteiger partial charge in [0.15, 0.2) is 0 Å². The van der Waals surface area contributed by atoms with Gasteiger partial charge in [-0.2, -0.15) is 0 Å². The highest BCUT2D eigenvalue weighted by molar-refractivity contribution is 5.48. The number of hydrogen-bond acceptors (Lipinski definition) is 2. The van der Waals surface area contributed by atoms with Crippen LogP contribution < -0.4 is 10.1 Å². The van der Waals surface area contributed by atoms with E-state index in [1.165, 1.54) is 0 Å². The van der Waals surface area contributed by atoms with Gasteiger partial charge >= 0.3 is 0 Å². The molecule has 0 amide bonds. The Morgan fingerprint density at radius 3 is 1.94 bits per heavy atom. The number of rotatable bonds is 4. The van der Waals surface area contributed by atoms with E-state index in [0.717, 1.165) is 17.9 Å². The molecule has 0 bridgehead atoms. The first kappa shape index (κ1) is 13.9. The van der Waals surface area contributed by atoms with E-state index in [-0.39, 0.29) is 11.1 Å². The fourth-order valence-corrected chi connectivity index (χ4v) is 1.44. The molecular formula is C15H25NO. The van der Waals surface area contributed by atoms with Crippen LogP contribution in [0.4, 0.5) is 5.69 Å². The molecule has 96 valence electrons. The molecule has 0 saturated heterocycles. The van der Waals surface area contributed by atoms with Crippen LogP contribution >= 0.6 is 0 Å². The third-order valence-electron chi connectivity index (χ3n) is 2.64. The van der Waals surface area contributed by atoms with Gasteiger partial charge in [-0.3, -0.25) is 0 Å². The summed E-state index contributed by atoms with van der Waals surface area (Å²) in [7, 11) is 0. The van der Waals surface area contributed by atoms with Crippen LogP contribution in [-0.4, -0.2) is 11.1 Å². The molecule has 0 fully saturated rings. The first-order chi connectivity index (χ1) is 7.72. The molecule has 1 aromatic carbocycles. The van der Waals surface area contributed by atoms with Crippen LogP contribution in [0.3, 0.4) is 0 Å². The molecule has 0 saturated carbocycles. The molecule has 1 rings (SSSR count). The maximum atomic E-state index is 5.79. The fourth-order valence-electron chi connectivity index (χ4n) is 1.44. The summed E-state index contributed by atoms with van der Waals surface area (Å²) in [6, 6.07) is 8.16. The van der Waals surface area contributed by atoms with Gasteiger partial charge in [0.1, 0.15) is 11.4 Å². The normalized spacial score (nSPS) is 12.4. The second-order valence-electron chi connectivity index (χ2n) is 6.10. The molecule has 1 aromatic rings. The Morgan fingerprint density at radius 2 is 1.53 bits per heavy atom. The zero-order chi connectivity index (χ0) is 13.1. The molecule has 0 aliphatic heterocycles. The average molecular weight is 235 g/mol. The summed E-state index contributed by atoms with van der Waals surface area (Å²) in [5.74, 6) is 0.914. The number of nitrogens with one attached hydrogen (secondary N) is 1. The maximum Gasteiger partial charge on any atom is 0.120 e. The molecule has 0 aliphatic carbocycles. The molecule has 0 heterocycles. The Balaban J connectivity index is 2.69. The second-order valence-corrected chi connectivity index (χ2v) is 6.10. The molecule has 17 heavy (non-hydrogen) atoms. The van der Waals surface area contributed by atoms with E-state index in [1.807, 2.05) is 12.1 Å². The van der Waals surface area contributed by atoms with Crippen molar-refractivity contribution < 1.29 is 4.74 Å². The van der Waals surface area contributed by atoms with Crippen molar-refractivity contribution in [3.63, 3.8) is 0 Å². The van der Waals surface area contributed by atoms with Crippen molar-refractivity contribution in [3.8, 4) is 5.75 Å². The zero-order valence-electron chi connectivity index (χ0n) is 11.9. The van der Waals surface area contributed by atoms with Crippen molar-refractivity contribution in [3.05, 3.63) is 24.3 Å². The predicted molar refractivity (Wildman–Crippen MR) is 74.8 cm³/mol. The Kier molecular flexibility index (Phi) is 4.07. The van der Waals surface area contributed by atoms with E-state index in [9.17, 15) is 0 Å². The lowest BCUT2D eigenvalue weighted by Gasteiger charge is -2.26. The topological polar surface area (TPSA) is 21.3 Å². The first-order valence-corrected chi connectivity index (χ1v) is 6.29. The average Bonchev–Trinajstić information content (AvgIpc) is 2.19. The van der Waals surface area contributed by atoms with Crippen LogP contribution in [0.5, 0.6) is 5.75 Å². The van der Waals surface area contributed by atoms with Gasteiger partial charge in [0.2, 0.25) is 0 Å². The number of anilines is 1. The molecule has 0 aromatic heterocycles. The van der Waals surface area contributed by atoms with E-state index in [0.29, 0.717) is 0 Å². The highest BCUT2D eigenvalue weighted by Crippen LogP contribution is 2.23. The minimum Gasteiger partial charge on any atom is -0.488 e. The van der Waals surface area contributed by atoms with Gasteiger partial charge in [0.25, 0.3) is 0 Å². The number of hydrogen-bond donors (Lipinski definition) is 1. The molecule has 2 nitrogen and oxygen atoms in total. The smallest absolute Gasteiger partial charge is 0.120 e. The molecule has 0 aliphatic rings. The number of benzene rings is 1. The van der Waals surface area contributed by atoms with Gasteiger partial charge in [0, 0.05) is 11.2 Å². The second kappa shape index (κ2) is 4.99. The summed E-state index contributed by atoms with van der Waals surface area (Å²) in [6.45, 7) is 12.8. The molecular weight excluding hydrogens is 210 g/mol. The molecule has 0 spiro atoms. The van der Waals surface area contributed by atoms with Crippen LogP contribution in [0, 0.1) is 0 Å². The van der Waals surface area contributed by atoms with E-state index in [2.05, 4.69) is 59.0 Å². The van der Waals surface area contributed by atoms with Gasteiger partial charge in [0.05, 0.1) is 0 Å². The summed E-state index contributed by atoms with van der Waals surface area (Å²) in [5.41, 5.74) is 1.13. The first-order valence-electron chi connectivity index (χ1n) is 6.29. The lowest BCUT2D eigenvalue weighted by atomic mass is 10.0. The van der Waals surface area contributed by atoms with Gasteiger partial charge < -0.3 is 10.1 Å². The van der Waals surface area contributed by atoms with Gasteiger partial charge in [-0.25, -0.2) is 0 Å². The molecule has 1 N–H and O–H groups in total. The highest BCUT2D eigenvalue weighted by Gasteiger charge is 2.15. The van der Waals surface area contributed by atoms with Crippen molar-refractivity contribution in [2.75, 3.05) is 5.32 Å². The van der Waals surface area contributed by atoms with Crippen LogP contribution in [0.1, 0.15) is 48.0 Å². The lowest BCUT2D eigenvalue weighted by molar-refractivity contribution is 0.131. The Labute approximate surface area is 105 Å². The summed E-state index contributed by atoms with van der Waals surface area (Å²) >= 11 is 0. The minimum atomic E-state index is -0.141. The van der Waals surface area contributed by atoms with Gasteiger partial charge in [-0.15, -0.1) is 0 Å². The SMILES string of the molecule is CCC(C)(C)Nc1ccc(OC(C)(C)C)cc1. The van der Waals surface area contributed by atoms with E-state index in [1.54, 1.807) is 0 Å². The predicted octanol–water partition coefficient (Wildman–Crippen LogP) is 4.46. The quantitative estimate of drug-likeness (QED) is 0.831. The minimum absolute atomic E-state index is 0.131. The summed E-state index contributed by atoms with van der Waals surface area (Å²) < 4.78 is 5.79. The Morgan fingerprint density at radius 1 is 1.00 bits per heavy atom. The summed E-state index contributed by atoms with van der Waals surface area (Å²) in [5, 5.41) is 3.50. The van der Waals surface area contributed by atoms with Crippen molar-refractivity contribution in [1.29, 1.82) is 0 Å².